The van der Waals surface area contributed by atoms with Crippen LogP contribution in [0, 0.1) is 0 Å². The zero-order valence-electron chi connectivity index (χ0n) is 8.83. The summed E-state index contributed by atoms with van der Waals surface area (Å²) in [4.78, 5) is 0. The number of halogens is 1. The highest BCUT2D eigenvalue weighted by molar-refractivity contribution is 6.33. The second kappa shape index (κ2) is 4.55. The standard InChI is InChI=1S/C11H12ClN3O/c1-16-8-2-3-9(10(12)4-8)11-7(5-13)6-14-15-11/h2-4,6H,5,13H2,1H3,(H,14,15). The Kier molecular flexibility index (Phi) is 3.12. The zero-order valence-corrected chi connectivity index (χ0v) is 9.58. The van der Waals surface area contributed by atoms with Crippen LogP contribution in [0.3, 0.4) is 0 Å². The maximum absolute atomic E-state index is 6.16. The molecule has 0 saturated heterocycles. The maximum Gasteiger partial charge on any atom is 0.120 e. The van der Waals surface area contributed by atoms with Crippen molar-refractivity contribution in [2.75, 3.05) is 7.11 Å². The van der Waals surface area contributed by atoms with Gasteiger partial charge in [0, 0.05) is 17.7 Å². The summed E-state index contributed by atoms with van der Waals surface area (Å²) in [6.45, 7) is 0.425. The first-order valence-corrected chi connectivity index (χ1v) is 5.20. The largest absolute Gasteiger partial charge is 0.497 e. The third kappa shape index (κ3) is 1.89. The van der Waals surface area contributed by atoms with Crippen LogP contribution < -0.4 is 10.5 Å². The molecule has 1 aromatic heterocycles. The third-order valence-electron chi connectivity index (χ3n) is 2.38. The van der Waals surface area contributed by atoms with Gasteiger partial charge in [0.25, 0.3) is 0 Å². The molecule has 1 aromatic carbocycles. The number of hydrogen-bond donors (Lipinski definition) is 2. The van der Waals surface area contributed by atoms with Crippen LogP contribution in [0.5, 0.6) is 5.75 Å². The molecule has 84 valence electrons. The number of nitrogens with zero attached hydrogens (tertiary/aromatic N) is 1. The zero-order chi connectivity index (χ0) is 11.5. The molecule has 3 N–H and O–H groups in total. The van der Waals surface area contributed by atoms with Crippen LogP contribution in [-0.4, -0.2) is 17.3 Å². The summed E-state index contributed by atoms with van der Waals surface area (Å²) >= 11 is 6.16. The van der Waals surface area contributed by atoms with E-state index in [1.54, 1.807) is 19.4 Å². The van der Waals surface area contributed by atoms with Gasteiger partial charge in [0.1, 0.15) is 5.75 Å². The molecule has 0 radical (unpaired) electrons. The average molecular weight is 238 g/mol. The third-order valence-corrected chi connectivity index (χ3v) is 2.70. The number of ether oxygens (including phenoxy) is 1. The molecule has 0 unspecified atom stereocenters. The first-order valence-electron chi connectivity index (χ1n) is 4.82. The normalized spacial score (nSPS) is 10.4. The molecule has 0 saturated carbocycles. The minimum absolute atomic E-state index is 0.425. The molecule has 0 fully saturated rings. The molecule has 0 aliphatic rings. The Hall–Kier alpha value is -1.52. The molecule has 5 heteroatoms. The van der Waals surface area contributed by atoms with Gasteiger partial charge in [-0.15, -0.1) is 0 Å². The summed E-state index contributed by atoms with van der Waals surface area (Å²) in [6.07, 6.45) is 1.70. The number of nitrogens with two attached hydrogens (primary N) is 1. The van der Waals surface area contributed by atoms with Crippen LogP contribution in [0.4, 0.5) is 0 Å². The predicted molar refractivity (Wildman–Crippen MR) is 63.5 cm³/mol. The van der Waals surface area contributed by atoms with Crippen LogP contribution in [0.2, 0.25) is 5.02 Å². The molecular weight excluding hydrogens is 226 g/mol. The average Bonchev–Trinajstić information content (AvgIpc) is 2.76. The number of aromatic amines is 1. The Morgan fingerprint density at radius 1 is 1.50 bits per heavy atom. The van der Waals surface area contributed by atoms with Crippen molar-refractivity contribution in [3.05, 3.63) is 35.0 Å². The van der Waals surface area contributed by atoms with Crippen LogP contribution >= 0.6 is 11.6 Å². The lowest BCUT2D eigenvalue weighted by Gasteiger charge is -2.06. The molecule has 0 aliphatic carbocycles. The van der Waals surface area contributed by atoms with E-state index in [2.05, 4.69) is 10.2 Å². The second-order valence-electron chi connectivity index (χ2n) is 3.32. The summed E-state index contributed by atoms with van der Waals surface area (Å²) in [5.41, 5.74) is 8.28. The summed E-state index contributed by atoms with van der Waals surface area (Å²) in [5, 5.41) is 7.46. The number of aromatic nitrogens is 2. The summed E-state index contributed by atoms with van der Waals surface area (Å²) < 4.78 is 5.09. The van der Waals surface area contributed by atoms with Crippen molar-refractivity contribution in [2.24, 2.45) is 5.73 Å². The van der Waals surface area contributed by atoms with Crippen LogP contribution in [0.1, 0.15) is 5.56 Å². The number of nitrogens with one attached hydrogen (secondary N) is 1. The molecule has 0 spiro atoms. The predicted octanol–water partition coefficient (Wildman–Crippen LogP) is 2.20. The molecule has 2 rings (SSSR count). The molecule has 0 atom stereocenters. The number of hydrogen-bond acceptors (Lipinski definition) is 3. The number of benzene rings is 1. The fraction of sp³-hybridized carbons (Fsp3) is 0.182. The van der Waals surface area contributed by atoms with Crippen molar-refractivity contribution >= 4 is 11.6 Å². The van der Waals surface area contributed by atoms with Crippen molar-refractivity contribution in [1.29, 1.82) is 0 Å². The summed E-state index contributed by atoms with van der Waals surface area (Å²) in [6, 6.07) is 5.49. The van der Waals surface area contributed by atoms with E-state index < -0.39 is 0 Å². The van der Waals surface area contributed by atoms with Crippen molar-refractivity contribution in [3.63, 3.8) is 0 Å². The first kappa shape index (κ1) is 11.0. The van der Waals surface area contributed by atoms with Gasteiger partial charge in [0.05, 0.1) is 24.0 Å². The highest BCUT2D eigenvalue weighted by Gasteiger charge is 2.10. The van der Waals surface area contributed by atoms with Gasteiger partial charge in [0.15, 0.2) is 0 Å². The van der Waals surface area contributed by atoms with Crippen LogP contribution in [0.15, 0.2) is 24.4 Å². The molecule has 0 aliphatic heterocycles. The van der Waals surface area contributed by atoms with Gasteiger partial charge in [-0.2, -0.15) is 5.10 Å². The topological polar surface area (TPSA) is 63.9 Å². The lowest BCUT2D eigenvalue weighted by Crippen LogP contribution is -1.97. The number of methoxy groups -OCH3 is 1. The Bertz CT molecular complexity index is 496. The van der Waals surface area contributed by atoms with Gasteiger partial charge in [-0.05, 0) is 18.2 Å². The fourth-order valence-corrected chi connectivity index (χ4v) is 1.79. The monoisotopic (exact) mass is 237 g/mol. The quantitative estimate of drug-likeness (QED) is 0.860. The van der Waals surface area contributed by atoms with E-state index in [0.717, 1.165) is 22.6 Å². The van der Waals surface area contributed by atoms with Crippen molar-refractivity contribution < 1.29 is 4.74 Å². The lowest BCUT2D eigenvalue weighted by molar-refractivity contribution is 0.415. The van der Waals surface area contributed by atoms with Gasteiger partial charge >= 0.3 is 0 Å². The van der Waals surface area contributed by atoms with E-state index in [-0.39, 0.29) is 0 Å². The highest BCUT2D eigenvalue weighted by atomic mass is 35.5. The highest BCUT2D eigenvalue weighted by Crippen LogP contribution is 2.31. The molecule has 2 aromatic rings. The van der Waals surface area contributed by atoms with E-state index in [0.29, 0.717) is 11.6 Å². The minimum atomic E-state index is 0.425. The van der Waals surface area contributed by atoms with Crippen LogP contribution in [-0.2, 0) is 6.54 Å². The molecule has 1 heterocycles. The van der Waals surface area contributed by atoms with Gasteiger partial charge in [-0.25, -0.2) is 0 Å². The number of H-pyrrole nitrogens is 1. The van der Waals surface area contributed by atoms with E-state index in [1.807, 2.05) is 12.1 Å². The van der Waals surface area contributed by atoms with E-state index >= 15 is 0 Å². The van der Waals surface area contributed by atoms with Gasteiger partial charge < -0.3 is 10.5 Å². The Morgan fingerprint density at radius 2 is 2.31 bits per heavy atom. The number of rotatable bonds is 3. The Morgan fingerprint density at radius 3 is 2.94 bits per heavy atom. The first-order chi connectivity index (χ1) is 7.76. The Labute approximate surface area is 98.4 Å². The molecule has 0 amide bonds. The minimum Gasteiger partial charge on any atom is -0.497 e. The fourth-order valence-electron chi connectivity index (χ4n) is 1.52. The van der Waals surface area contributed by atoms with Crippen molar-refractivity contribution in [3.8, 4) is 17.0 Å². The van der Waals surface area contributed by atoms with Gasteiger partial charge in [0.2, 0.25) is 0 Å². The lowest BCUT2D eigenvalue weighted by atomic mass is 10.1. The van der Waals surface area contributed by atoms with Gasteiger partial charge in [-0.3, -0.25) is 5.10 Å². The SMILES string of the molecule is COc1ccc(-c2[nH]ncc2CN)c(Cl)c1. The second-order valence-corrected chi connectivity index (χ2v) is 3.73. The Balaban J connectivity index is 2.48. The van der Waals surface area contributed by atoms with E-state index in [1.165, 1.54) is 0 Å². The van der Waals surface area contributed by atoms with E-state index in [9.17, 15) is 0 Å². The van der Waals surface area contributed by atoms with Gasteiger partial charge in [-0.1, -0.05) is 11.6 Å². The summed E-state index contributed by atoms with van der Waals surface area (Å²) in [7, 11) is 1.60. The smallest absolute Gasteiger partial charge is 0.120 e. The van der Waals surface area contributed by atoms with Crippen LogP contribution in [0.25, 0.3) is 11.3 Å². The molecular formula is C11H12ClN3O. The van der Waals surface area contributed by atoms with E-state index in [4.69, 9.17) is 22.1 Å². The van der Waals surface area contributed by atoms with Crippen molar-refractivity contribution in [1.82, 2.24) is 10.2 Å². The van der Waals surface area contributed by atoms with Crippen molar-refractivity contribution in [2.45, 2.75) is 6.54 Å². The maximum atomic E-state index is 6.16. The summed E-state index contributed by atoms with van der Waals surface area (Å²) in [5.74, 6) is 0.725. The molecule has 0 bridgehead atoms. The molecule has 16 heavy (non-hydrogen) atoms. The molecule has 4 nitrogen and oxygen atoms in total.